The summed E-state index contributed by atoms with van der Waals surface area (Å²) in [7, 11) is 1.50. The van der Waals surface area contributed by atoms with Gasteiger partial charge in [-0.2, -0.15) is 0 Å². The molecule has 36 heavy (non-hydrogen) atoms. The fourth-order valence-electron chi connectivity index (χ4n) is 5.59. The molecule has 1 aliphatic carbocycles. The number of methoxy groups -OCH3 is 1. The minimum absolute atomic E-state index is 0.228. The molecule has 2 N–H and O–H groups in total. The van der Waals surface area contributed by atoms with E-state index in [4.69, 9.17) is 25.9 Å². The molecular weight excluding hydrogens is 498 g/mol. The quantitative estimate of drug-likeness (QED) is 0.555. The van der Waals surface area contributed by atoms with Crippen LogP contribution in [0.2, 0.25) is 5.02 Å². The molecule has 1 spiro atoms. The van der Waals surface area contributed by atoms with Crippen molar-refractivity contribution in [1.82, 2.24) is 15.0 Å². The molecule has 0 radical (unpaired) electrons. The Morgan fingerprint density at radius 2 is 2.00 bits per heavy atom. The summed E-state index contributed by atoms with van der Waals surface area (Å²) in [5, 5.41) is 33.1. The van der Waals surface area contributed by atoms with E-state index in [1.165, 1.54) is 30.5 Å². The van der Waals surface area contributed by atoms with Crippen molar-refractivity contribution in [3.8, 4) is 11.3 Å². The number of aromatic nitrogens is 3. The van der Waals surface area contributed by atoms with Crippen molar-refractivity contribution in [2.45, 2.75) is 81.0 Å². The average Bonchev–Trinajstić information content (AvgIpc) is 3.51. The largest absolute Gasteiger partial charge is 0.394 e. The molecule has 9 nitrogen and oxygen atoms in total. The first-order valence-electron chi connectivity index (χ1n) is 12.1. The van der Waals surface area contributed by atoms with Crippen molar-refractivity contribution >= 4 is 17.3 Å². The van der Waals surface area contributed by atoms with Gasteiger partial charge in [-0.25, -0.2) is 13.5 Å². The lowest BCUT2D eigenvalue weighted by Crippen LogP contribution is -2.57. The van der Waals surface area contributed by atoms with Crippen LogP contribution in [0.15, 0.2) is 23.5 Å². The maximum atomic E-state index is 13.9. The van der Waals surface area contributed by atoms with Crippen LogP contribution in [0, 0.1) is 11.6 Å². The van der Waals surface area contributed by atoms with E-state index >= 15 is 0 Å². The number of benzene rings is 1. The van der Waals surface area contributed by atoms with E-state index in [1.807, 2.05) is 0 Å². The van der Waals surface area contributed by atoms with E-state index in [-0.39, 0.29) is 21.9 Å². The van der Waals surface area contributed by atoms with Gasteiger partial charge in [-0.1, -0.05) is 28.4 Å². The molecule has 1 aromatic heterocycles. The summed E-state index contributed by atoms with van der Waals surface area (Å²) in [5.41, 5.74) is 1.07. The number of hydrogen-bond donors (Lipinski definition) is 2. The molecule has 12 heteroatoms. The number of ether oxygens (including phenoxy) is 2. The highest BCUT2D eigenvalue weighted by molar-refractivity contribution is 6.31. The molecule has 5 atom stereocenters. The Hall–Kier alpha value is -2.18. The van der Waals surface area contributed by atoms with E-state index in [2.05, 4.69) is 15.5 Å². The molecule has 5 rings (SSSR count). The number of aliphatic hydroxyl groups excluding tert-OH is 2. The lowest BCUT2D eigenvalue weighted by molar-refractivity contribution is -0.210. The van der Waals surface area contributed by atoms with Crippen LogP contribution >= 0.6 is 11.6 Å². The van der Waals surface area contributed by atoms with E-state index in [0.29, 0.717) is 12.8 Å². The maximum absolute atomic E-state index is 13.9. The Balaban J connectivity index is 1.39. The van der Waals surface area contributed by atoms with Crippen molar-refractivity contribution in [2.24, 2.45) is 5.16 Å². The van der Waals surface area contributed by atoms with Gasteiger partial charge in [0.15, 0.2) is 11.6 Å². The van der Waals surface area contributed by atoms with Crippen LogP contribution < -0.4 is 0 Å². The average molecular weight is 527 g/mol. The second-order valence-electron chi connectivity index (χ2n) is 9.79. The van der Waals surface area contributed by atoms with Gasteiger partial charge in [0.05, 0.1) is 29.6 Å². The van der Waals surface area contributed by atoms with Crippen molar-refractivity contribution in [3.05, 3.63) is 35.0 Å². The van der Waals surface area contributed by atoms with Crippen LogP contribution in [0.3, 0.4) is 0 Å². The molecule has 1 aromatic carbocycles. The van der Waals surface area contributed by atoms with Gasteiger partial charge in [-0.15, -0.1) is 5.10 Å². The van der Waals surface area contributed by atoms with Crippen LogP contribution in [0.1, 0.15) is 51.0 Å². The molecule has 3 aliphatic rings. The lowest BCUT2D eigenvalue weighted by atomic mass is 9.80. The van der Waals surface area contributed by atoms with E-state index < -0.39 is 48.7 Å². The number of hydrogen-bond acceptors (Lipinski definition) is 8. The zero-order chi connectivity index (χ0) is 25.4. The summed E-state index contributed by atoms with van der Waals surface area (Å²) in [4.78, 5) is 5.87. The minimum Gasteiger partial charge on any atom is -0.394 e. The molecule has 1 saturated heterocycles. The van der Waals surface area contributed by atoms with Crippen molar-refractivity contribution in [1.29, 1.82) is 0 Å². The Bertz CT molecular complexity index is 1100. The number of rotatable bonds is 6. The number of nitrogens with zero attached hydrogens (tertiary/aromatic N) is 4. The first-order valence-corrected chi connectivity index (χ1v) is 12.5. The summed E-state index contributed by atoms with van der Waals surface area (Å²) in [6.07, 6.45) is 4.68. The fraction of sp³-hybridized carbons (Fsp3) is 0.625. The Morgan fingerprint density at radius 1 is 1.22 bits per heavy atom. The van der Waals surface area contributed by atoms with Crippen LogP contribution in [0.4, 0.5) is 8.78 Å². The molecule has 2 aromatic rings. The van der Waals surface area contributed by atoms with Crippen LogP contribution in [-0.4, -0.2) is 74.7 Å². The molecule has 0 bridgehead atoms. The SMILES string of the molecule is COC1C(CC2=NOC3(CCCCC3)C2)OC(CO)C(O)C1n1cc(-c2cc(F)c(F)c(Cl)c2)nn1. The molecule has 0 amide bonds. The third-order valence-corrected chi connectivity index (χ3v) is 7.70. The molecular formula is C24H29ClF2N4O5. The van der Waals surface area contributed by atoms with Gasteiger partial charge < -0.3 is 24.5 Å². The standard InChI is InChI=1S/C24H29ClF2N4O5/c1-34-23-18(9-14-10-24(36-29-14)5-3-2-4-6-24)35-19(12-32)22(33)21(23)31-11-17(28-30-31)13-7-15(25)20(27)16(26)8-13/h7-8,11,18-19,21-23,32-33H,2-6,9-10,12H2,1H3. The second-order valence-corrected chi connectivity index (χ2v) is 10.2. The molecule has 3 heterocycles. The summed E-state index contributed by atoms with van der Waals surface area (Å²) in [5.74, 6) is -2.25. The highest BCUT2D eigenvalue weighted by Crippen LogP contribution is 2.41. The minimum atomic E-state index is -1.18. The topological polar surface area (TPSA) is 111 Å². The second kappa shape index (κ2) is 10.3. The zero-order valence-corrected chi connectivity index (χ0v) is 20.6. The first-order chi connectivity index (χ1) is 17.3. The Labute approximate surface area is 212 Å². The van der Waals surface area contributed by atoms with E-state index in [9.17, 15) is 19.0 Å². The zero-order valence-electron chi connectivity index (χ0n) is 19.8. The van der Waals surface area contributed by atoms with Gasteiger partial charge in [0.1, 0.15) is 35.6 Å². The summed E-state index contributed by atoms with van der Waals surface area (Å²) >= 11 is 5.79. The Morgan fingerprint density at radius 3 is 2.69 bits per heavy atom. The number of aliphatic hydroxyl groups is 2. The van der Waals surface area contributed by atoms with Crippen molar-refractivity contribution in [2.75, 3.05) is 13.7 Å². The first kappa shape index (κ1) is 25.5. The van der Waals surface area contributed by atoms with Gasteiger partial charge in [0, 0.05) is 25.5 Å². The third-order valence-electron chi connectivity index (χ3n) is 7.43. The predicted octanol–water partition coefficient (Wildman–Crippen LogP) is 3.42. The molecule has 1 saturated carbocycles. The van der Waals surface area contributed by atoms with Crippen LogP contribution in [0.25, 0.3) is 11.3 Å². The molecule has 2 fully saturated rings. The Kier molecular flexibility index (Phi) is 7.28. The van der Waals surface area contributed by atoms with E-state index in [0.717, 1.165) is 37.5 Å². The predicted molar refractivity (Wildman–Crippen MR) is 126 cm³/mol. The van der Waals surface area contributed by atoms with Gasteiger partial charge in [-0.05, 0) is 37.8 Å². The lowest BCUT2D eigenvalue weighted by Gasteiger charge is -2.43. The van der Waals surface area contributed by atoms with E-state index in [1.54, 1.807) is 0 Å². The highest BCUT2D eigenvalue weighted by Gasteiger charge is 2.49. The molecule has 196 valence electrons. The third kappa shape index (κ3) is 4.74. The fourth-order valence-corrected chi connectivity index (χ4v) is 5.80. The van der Waals surface area contributed by atoms with Crippen molar-refractivity contribution in [3.63, 3.8) is 0 Å². The molecule has 2 aliphatic heterocycles. The van der Waals surface area contributed by atoms with Crippen LogP contribution in [-0.2, 0) is 14.3 Å². The normalized spacial score (nSPS) is 29.8. The molecule has 5 unspecified atom stereocenters. The van der Waals surface area contributed by atoms with Crippen molar-refractivity contribution < 1.29 is 33.3 Å². The highest BCUT2D eigenvalue weighted by atomic mass is 35.5. The smallest absolute Gasteiger partial charge is 0.177 e. The number of halogens is 3. The summed E-state index contributed by atoms with van der Waals surface area (Å²) in [6.45, 7) is -0.419. The van der Waals surface area contributed by atoms with Gasteiger partial charge in [0.25, 0.3) is 0 Å². The van der Waals surface area contributed by atoms with Gasteiger partial charge in [0.2, 0.25) is 0 Å². The van der Waals surface area contributed by atoms with Crippen LogP contribution in [0.5, 0.6) is 0 Å². The van der Waals surface area contributed by atoms with Gasteiger partial charge in [-0.3, -0.25) is 0 Å². The maximum Gasteiger partial charge on any atom is 0.177 e. The summed E-state index contributed by atoms with van der Waals surface area (Å²) < 4.78 is 40.7. The van der Waals surface area contributed by atoms with Gasteiger partial charge >= 0.3 is 0 Å². The monoisotopic (exact) mass is 526 g/mol. The summed E-state index contributed by atoms with van der Waals surface area (Å²) in [6, 6.07) is 1.45. The number of oxime groups is 1.